The van der Waals surface area contributed by atoms with Gasteiger partial charge < -0.3 is 10.2 Å². The summed E-state index contributed by atoms with van der Waals surface area (Å²) in [7, 11) is 3.39. The van der Waals surface area contributed by atoms with Gasteiger partial charge in [-0.3, -0.25) is 14.5 Å². The topological polar surface area (TPSA) is 52.7 Å². The summed E-state index contributed by atoms with van der Waals surface area (Å²) in [4.78, 5) is 27.5. The first-order valence-electron chi connectivity index (χ1n) is 8.05. The number of benzene rings is 1. The summed E-state index contributed by atoms with van der Waals surface area (Å²) in [5, 5.41) is 2.66. The number of carbonyl (C=O) groups excluding carboxylic acids is 2. The molecule has 1 aliphatic rings. The van der Waals surface area contributed by atoms with Crippen molar-refractivity contribution in [2.45, 2.75) is 25.3 Å². The monoisotopic (exact) mass is 339 g/mol. The molecule has 2 amide bonds. The number of amides is 2. The molecule has 1 unspecified atom stereocenters. The van der Waals surface area contributed by atoms with Gasteiger partial charge in [0.25, 0.3) is 0 Å². The van der Waals surface area contributed by atoms with Crippen LogP contribution in [0.4, 0.5) is 8.78 Å². The molecular formula is C17H23F2N3O2. The molecule has 1 aliphatic heterocycles. The number of likely N-dealkylation sites (tertiary alicyclic amines) is 1. The van der Waals surface area contributed by atoms with Crippen molar-refractivity contribution < 1.29 is 18.4 Å². The average Bonchev–Trinajstić information content (AvgIpc) is 2.97. The van der Waals surface area contributed by atoms with E-state index in [1.807, 2.05) is 4.90 Å². The third-order valence-electron chi connectivity index (χ3n) is 4.20. The lowest BCUT2D eigenvalue weighted by molar-refractivity contribution is -0.134. The van der Waals surface area contributed by atoms with Crippen molar-refractivity contribution in [3.05, 3.63) is 35.4 Å². The van der Waals surface area contributed by atoms with Crippen LogP contribution in [0, 0.1) is 11.6 Å². The number of halogens is 2. The third-order valence-corrected chi connectivity index (χ3v) is 4.20. The Morgan fingerprint density at radius 1 is 1.29 bits per heavy atom. The highest BCUT2D eigenvalue weighted by atomic mass is 19.1. The molecular weight excluding hydrogens is 316 g/mol. The molecule has 7 heteroatoms. The second-order valence-electron chi connectivity index (χ2n) is 6.16. The van der Waals surface area contributed by atoms with Crippen LogP contribution in [0.25, 0.3) is 0 Å². The van der Waals surface area contributed by atoms with Crippen molar-refractivity contribution in [3.8, 4) is 0 Å². The fourth-order valence-electron chi connectivity index (χ4n) is 2.93. The number of carbonyl (C=O) groups is 2. The van der Waals surface area contributed by atoms with Crippen molar-refractivity contribution in [2.24, 2.45) is 0 Å². The summed E-state index contributed by atoms with van der Waals surface area (Å²) < 4.78 is 27.0. The molecule has 1 atom stereocenters. The summed E-state index contributed by atoms with van der Waals surface area (Å²) in [5.41, 5.74) is -0.0281. The van der Waals surface area contributed by atoms with Crippen molar-refractivity contribution in [2.75, 3.05) is 33.7 Å². The zero-order chi connectivity index (χ0) is 17.7. The van der Waals surface area contributed by atoms with E-state index in [9.17, 15) is 18.4 Å². The van der Waals surface area contributed by atoms with E-state index >= 15 is 0 Å². The summed E-state index contributed by atoms with van der Waals surface area (Å²) in [5.74, 6) is -1.47. The number of nitrogens with one attached hydrogen (secondary N) is 1. The van der Waals surface area contributed by atoms with Gasteiger partial charge in [-0.05, 0) is 37.9 Å². The second kappa shape index (κ2) is 8.19. The molecule has 0 saturated carbocycles. The van der Waals surface area contributed by atoms with Gasteiger partial charge in [0.15, 0.2) is 0 Å². The van der Waals surface area contributed by atoms with Gasteiger partial charge in [0.2, 0.25) is 11.8 Å². The summed E-state index contributed by atoms with van der Waals surface area (Å²) >= 11 is 0. The maximum Gasteiger partial charge on any atom is 0.239 e. The Morgan fingerprint density at radius 3 is 2.58 bits per heavy atom. The van der Waals surface area contributed by atoms with Crippen molar-refractivity contribution in [1.82, 2.24) is 15.1 Å². The van der Waals surface area contributed by atoms with E-state index < -0.39 is 11.6 Å². The standard InChI is InChI=1S/C17H23F2N3O2/c1-21(2)17(24)15-7-4-10-22(15)11-16(23)20-9-8-12-13(18)5-3-6-14(12)19/h3,5-6,15H,4,7-11H2,1-2H3,(H,20,23). The maximum absolute atomic E-state index is 13.5. The Bertz CT molecular complexity index is 587. The zero-order valence-corrected chi connectivity index (χ0v) is 14.0. The molecule has 132 valence electrons. The van der Waals surface area contributed by atoms with Crippen molar-refractivity contribution in [1.29, 1.82) is 0 Å². The van der Waals surface area contributed by atoms with Crippen LogP contribution in [-0.4, -0.2) is 61.4 Å². The summed E-state index contributed by atoms with van der Waals surface area (Å²) in [6, 6.07) is 3.43. The third kappa shape index (κ3) is 4.50. The molecule has 2 rings (SSSR count). The van der Waals surface area contributed by atoms with Crippen molar-refractivity contribution >= 4 is 11.8 Å². The normalized spacial score (nSPS) is 17.8. The lowest BCUT2D eigenvalue weighted by atomic mass is 10.1. The van der Waals surface area contributed by atoms with E-state index in [4.69, 9.17) is 0 Å². The highest BCUT2D eigenvalue weighted by Gasteiger charge is 2.32. The molecule has 0 spiro atoms. The van der Waals surface area contributed by atoms with E-state index in [0.717, 1.165) is 12.8 Å². The van der Waals surface area contributed by atoms with Gasteiger partial charge in [0, 0.05) is 26.2 Å². The van der Waals surface area contributed by atoms with Crippen LogP contribution in [0.1, 0.15) is 18.4 Å². The highest BCUT2D eigenvalue weighted by molar-refractivity contribution is 5.83. The number of hydrogen-bond donors (Lipinski definition) is 1. The van der Waals surface area contributed by atoms with Gasteiger partial charge in [-0.1, -0.05) is 6.07 Å². The summed E-state index contributed by atoms with van der Waals surface area (Å²) in [6.45, 7) is 0.959. The average molecular weight is 339 g/mol. The van der Waals surface area contributed by atoms with Gasteiger partial charge in [-0.15, -0.1) is 0 Å². The minimum atomic E-state index is -0.611. The fourth-order valence-corrected chi connectivity index (χ4v) is 2.93. The van der Waals surface area contributed by atoms with Crippen LogP contribution >= 0.6 is 0 Å². The first-order chi connectivity index (χ1) is 11.4. The number of rotatable bonds is 6. The first kappa shape index (κ1) is 18.3. The molecule has 0 radical (unpaired) electrons. The Balaban J connectivity index is 1.82. The largest absolute Gasteiger partial charge is 0.355 e. The molecule has 1 saturated heterocycles. The molecule has 1 fully saturated rings. The lowest BCUT2D eigenvalue weighted by Gasteiger charge is -2.25. The van der Waals surface area contributed by atoms with E-state index in [-0.39, 0.29) is 42.9 Å². The van der Waals surface area contributed by atoms with E-state index in [1.165, 1.54) is 23.1 Å². The van der Waals surface area contributed by atoms with Crippen LogP contribution in [-0.2, 0) is 16.0 Å². The quantitative estimate of drug-likeness (QED) is 0.847. The van der Waals surface area contributed by atoms with Gasteiger partial charge in [-0.25, -0.2) is 8.78 Å². The number of hydrogen-bond acceptors (Lipinski definition) is 3. The Labute approximate surface area is 140 Å². The van der Waals surface area contributed by atoms with Crippen LogP contribution in [0.3, 0.4) is 0 Å². The van der Waals surface area contributed by atoms with E-state index in [1.54, 1.807) is 14.1 Å². The molecule has 1 aromatic rings. The molecule has 1 N–H and O–H groups in total. The van der Waals surface area contributed by atoms with Gasteiger partial charge >= 0.3 is 0 Å². The van der Waals surface area contributed by atoms with Crippen LogP contribution in [0.15, 0.2) is 18.2 Å². The molecule has 1 aromatic carbocycles. The first-order valence-corrected chi connectivity index (χ1v) is 8.05. The Morgan fingerprint density at radius 2 is 1.96 bits per heavy atom. The zero-order valence-electron chi connectivity index (χ0n) is 14.0. The molecule has 0 bridgehead atoms. The smallest absolute Gasteiger partial charge is 0.239 e. The second-order valence-corrected chi connectivity index (χ2v) is 6.16. The minimum Gasteiger partial charge on any atom is -0.355 e. The number of likely N-dealkylation sites (N-methyl/N-ethyl adjacent to an activating group) is 1. The predicted molar refractivity (Wildman–Crippen MR) is 86.4 cm³/mol. The van der Waals surface area contributed by atoms with E-state index in [2.05, 4.69) is 5.32 Å². The molecule has 5 nitrogen and oxygen atoms in total. The molecule has 0 aromatic heterocycles. The SMILES string of the molecule is CN(C)C(=O)C1CCCN1CC(=O)NCCc1c(F)cccc1F. The molecule has 24 heavy (non-hydrogen) atoms. The van der Waals surface area contributed by atoms with E-state index in [0.29, 0.717) is 6.54 Å². The van der Waals surface area contributed by atoms with Gasteiger partial charge in [0.05, 0.1) is 12.6 Å². The van der Waals surface area contributed by atoms with Crippen LogP contribution in [0.2, 0.25) is 0 Å². The highest BCUT2D eigenvalue weighted by Crippen LogP contribution is 2.18. The van der Waals surface area contributed by atoms with Crippen molar-refractivity contribution in [3.63, 3.8) is 0 Å². The minimum absolute atomic E-state index is 0.00581. The number of nitrogens with zero attached hydrogens (tertiary/aromatic N) is 2. The lowest BCUT2D eigenvalue weighted by Crippen LogP contribution is -2.46. The van der Waals surface area contributed by atoms with Gasteiger partial charge in [0.1, 0.15) is 11.6 Å². The molecule has 1 heterocycles. The van der Waals surface area contributed by atoms with Crippen LogP contribution < -0.4 is 5.32 Å². The maximum atomic E-state index is 13.5. The van der Waals surface area contributed by atoms with Crippen LogP contribution in [0.5, 0.6) is 0 Å². The Kier molecular flexibility index (Phi) is 6.25. The fraction of sp³-hybridized carbons (Fsp3) is 0.529. The van der Waals surface area contributed by atoms with Gasteiger partial charge in [-0.2, -0.15) is 0 Å². The molecule has 0 aliphatic carbocycles. The Hall–Kier alpha value is -2.02. The predicted octanol–water partition coefficient (Wildman–Crippen LogP) is 1.18. The summed E-state index contributed by atoms with van der Waals surface area (Å²) in [6.07, 6.45) is 1.70.